The average molecular weight is 296 g/mol. The normalized spacial score (nSPS) is 21.2. The Morgan fingerprint density at radius 2 is 2.33 bits per heavy atom. The van der Waals surface area contributed by atoms with Crippen LogP contribution < -0.4 is 10.5 Å². The summed E-state index contributed by atoms with van der Waals surface area (Å²) in [6.45, 7) is 8.13. The first-order valence-electron chi connectivity index (χ1n) is 7.59. The van der Waals surface area contributed by atoms with Crippen molar-refractivity contribution in [1.82, 2.24) is 4.90 Å². The van der Waals surface area contributed by atoms with Gasteiger partial charge in [0, 0.05) is 19.1 Å². The molecule has 4 nitrogen and oxygen atoms in total. The van der Waals surface area contributed by atoms with Gasteiger partial charge in [-0.2, -0.15) is 0 Å². The van der Waals surface area contributed by atoms with Gasteiger partial charge < -0.3 is 15.2 Å². The first-order valence-corrected chi connectivity index (χ1v) is 7.59. The van der Waals surface area contributed by atoms with Gasteiger partial charge >= 0.3 is 0 Å². The van der Waals surface area contributed by atoms with Gasteiger partial charge in [0.05, 0.1) is 6.61 Å². The van der Waals surface area contributed by atoms with Gasteiger partial charge in [-0.25, -0.2) is 4.39 Å². The number of morpholine rings is 1. The molecule has 1 saturated heterocycles. The molecule has 1 aromatic carbocycles. The Kier molecular flexibility index (Phi) is 5.96. The molecule has 21 heavy (non-hydrogen) atoms. The van der Waals surface area contributed by atoms with Crippen molar-refractivity contribution in [3.63, 3.8) is 0 Å². The van der Waals surface area contributed by atoms with E-state index in [0.717, 1.165) is 31.8 Å². The molecular formula is C16H25FN2O2. The van der Waals surface area contributed by atoms with E-state index >= 15 is 0 Å². The van der Waals surface area contributed by atoms with Crippen molar-refractivity contribution in [1.29, 1.82) is 0 Å². The van der Waals surface area contributed by atoms with Crippen LogP contribution in [0.2, 0.25) is 0 Å². The van der Waals surface area contributed by atoms with E-state index in [0.29, 0.717) is 18.8 Å². The third-order valence-corrected chi connectivity index (χ3v) is 3.66. The number of halogens is 1. The first kappa shape index (κ1) is 16.2. The molecule has 2 rings (SSSR count). The second-order valence-electron chi connectivity index (χ2n) is 5.63. The summed E-state index contributed by atoms with van der Waals surface area (Å²) in [6.07, 6.45) is 0.659. The Balaban J connectivity index is 1.95. The molecule has 0 aromatic heterocycles. The maximum absolute atomic E-state index is 13.4. The number of benzene rings is 1. The number of ether oxygens (including phenoxy) is 2. The molecule has 2 atom stereocenters. The lowest BCUT2D eigenvalue weighted by atomic mass is 10.1. The number of nitrogens with zero attached hydrogens (tertiary/aromatic N) is 1. The molecule has 1 heterocycles. The monoisotopic (exact) mass is 296 g/mol. The summed E-state index contributed by atoms with van der Waals surface area (Å²) in [5.41, 5.74) is 6.62. The van der Waals surface area contributed by atoms with E-state index in [1.165, 1.54) is 12.1 Å². The zero-order valence-electron chi connectivity index (χ0n) is 12.8. The van der Waals surface area contributed by atoms with E-state index in [1.54, 1.807) is 6.07 Å². The predicted molar refractivity (Wildman–Crippen MR) is 81.1 cm³/mol. The molecule has 0 radical (unpaired) electrons. The molecule has 0 amide bonds. The minimum absolute atomic E-state index is 0.0318. The van der Waals surface area contributed by atoms with Crippen LogP contribution in [-0.4, -0.2) is 49.9 Å². The fourth-order valence-corrected chi connectivity index (χ4v) is 2.55. The maximum Gasteiger partial charge on any atom is 0.123 e. The van der Waals surface area contributed by atoms with Crippen molar-refractivity contribution in [3.05, 3.63) is 29.6 Å². The van der Waals surface area contributed by atoms with Crippen LogP contribution in [0, 0.1) is 5.82 Å². The number of nitrogens with two attached hydrogens (primary N) is 1. The molecule has 0 spiro atoms. The van der Waals surface area contributed by atoms with Gasteiger partial charge in [0.25, 0.3) is 0 Å². The smallest absolute Gasteiger partial charge is 0.123 e. The van der Waals surface area contributed by atoms with Gasteiger partial charge in [-0.05, 0) is 43.7 Å². The second kappa shape index (κ2) is 7.73. The van der Waals surface area contributed by atoms with Gasteiger partial charge in [0.1, 0.15) is 24.3 Å². The molecule has 0 saturated carbocycles. The standard InChI is InChI=1S/C16H25FN2O2/c1-3-19-6-7-20-15(10-19)11-21-16-5-4-14(17)9-13(16)8-12(2)18/h4-5,9,12,15H,3,6-8,10-11,18H2,1-2H3. The van der Waals surface area contributed by atoms with Crippen LogP contribution in [0.5, 0.6) is 5.75 Å². The van der Waals surface area contributed by atoms with Gasteiger partial charge in [0.2, 0.25) is 0 Å². The fraction of sp³-hybridized carbons (Fsp3) is 0.625. The van der Waals surface area contributed by atoms with Crippen molar-refractivity contribution >= 4 is 0 Å². The van der Waals surface area contributed by atoms with E-state index in [2.05, 4.69) is 11.8 Å². The van der Waals surface area contributed by atoms with Crippen molar-refractivity contribution in [2.24, 2.45) is 5.73 Å². The Hall–Kier alpha value is -1.17. The topological polar surface area (TPSA) is 47.7 Å². The van der Waals surface area contributed by atoms with Crippen molar-refractivity contribution in [3.8, 4) is 5.75 Å². The van der Waals surface area contributed by atoms with Crippen LogP contribution in [-0.2, 0) is 11.2 Å². The van der Waals surface area contributed by atoms with Crippen LogP contribution in [0.4, 0.5) is 4.39 Å². The van der Waals surface area contributed by atoms with Crippen LogP contribution in [0.15, 0.2) is 18.2 Å². The second-order valence-corrected chi connectivity index (χ2v) is 5.63. The van der Waals surface area contributed by atoms with Crippen molar-refractivity contribution < 1.29 is 13.9 Å². The molecule has 1 aromatic rings. The number of hydrogen-bond donors (Lipinski definition) is 1. The first-order chi connectivity index (χ1) is 10.1. The summed E-state index contributed by atoms with van der Waals surface area (Å²) in [4.78, 5) is 2.34. The minimum Gasteiger partial charge on any atom is -0.491 e. The molecule has 0 aliphatic carbocycles. The van der Waals surface area contributed by atoms with Crippen LogP contribution in [0.1, 0.15) is 19.4 Å². The largest absolute Gasteiger partial charge is 0.491 e. The summed E-state index contributed by atoms with van der Waals surface area (Å²) < 4.78 is 24.9. The Morgan fingerprint density at radius 1 is 1.52 bits per heavy atom. The highest BCUT2D eigenvalue weighted by atomic mass is 19.1. The molecule has 5 heteroatoms. The summed E-state index contributed by atoms with van der Waals surface area (Å²) in [5, 5.41) is 0. The molecule has 2 unspecified atom stereocenters. The highest BCUT2D eigenvalue weighted by molar-refractivity contribution is 5.34. The number of hydrogen-bond acceptors (Lipinski definition) is 4. The third-order valence-electron chi connectivity index (χ3n) is 3.66. The molecule has 1 aliphatic rings. The van der Waals surface area contributed by atoms with E-state index in [9.17, 15) is 4.39 Å². The van der Waals surface area contributed by atoms with Crippen LogP contribution in [0.25, 0.3) is 0 Å². The zero-order chi connectivity index (χ0) is 15.2. The molecule has 1 fully saturated rings. The van der Waals surface area contributed by atoms with Crippen LogP contribution >= 0.6 is 0 Å². The van der Waals surface area contributed by atoms with Crippen molar-refractivity contribution in [2.45, 2.75) is 32.4 Å². The highest BCUT2D eigenvalue weighted by Gasteiger charge is 2.20. The van der Waals surface area contributed by atoms with Gasteiger partial charge in [-0.3, -0.25) is 4.90 Å². The molecule has 2 N–H and O–H groups in total. The fourth-order valence-electron chi connectivity index (χ4n) is 2.55. The summed E-state index contributed by atoms with van der Waals surface area (Å²) in [6, 6.07) is 4.56. The molecule has 118 valence electrons. The lowest BCUT2D eigenvalue weighted by Gasteiger charge is -2.32. The van der Waals surface area contributed by atoms with E-state index in [4.69, 9.17) is 15.2 Å². The lowest BCUT2D eigenvalue weighted by molar-refractivity contribution is -0.0465. The molecule has 1 aliphatic heterocycles. The third kappa shape index (κ3) is 4.95. The van der Waals surface area contributed by atoms with E-state index in [1.807, 2.05) is 6.92 Å². The zero-order valence-corrected chi connectivity index (χ0v) is 12.8. The SMILES string of the molecule is CCN1CCOC(COc2ccc(F)cc2CC(C)N)C1. The Bertz CT molecular complexity index is 454. The van der Waals surface area contributed by atoms with Gasteiger partial charge in [0.15, 0.2) is 0 Å². The Morgan fingerprint density at radius 3 is 3.05 bits per heavy atom. The van der Waals surface area contributed by atoms with Crippen LogP contribution in [0.3, 0.4) is 0 Å². The summed E-state index contributed by atoms with van der Waals surface area (Å²) in [7, 11) is 0. The quantitative estimate of drug-likeness (QED) is 0.870. The highest BCUT2D eigenvalue weighted by Crippen LogP contribution is 2.22. The van der Waals surface area contributed by atoms with E-state index in [-0.39, 0.29) is 18.0 Å². The van der Waals surface area contributed by atoms with Crippen molar-refractivity contribution in [2.75, 3.05) is 32.8 Å². The number of rotatable bonds is 6. The minimum atomic E-state index is -0.260. The average Bonchev–Trinajstić information content (AvgIpc) is 2.46. The molecular weight excluding hydrogens is 271 g/mol. The lowest BCUT2D eigenvalue weighted by Crippen LogP contribution is -2.44. The van der Waals surface area contributed by atoms with E-state index < -0.39 is 0 Å². The molecule has 0 bridgehead atoms. The van der Waals surface area contributed by atoms with Gasteiger partial charge in [-0.1, -0.05) is 6.92 Å². The Labute approximate surface area is 126 Å². The maximum atomic E-state index is 13.4. The predicted octanol–water partition coefficient (Wildman–Crippen LogP) is 1.81. The number of likely N-dealkylation sites (N-methyl/N-ethyl adjacent to an activating group) is 1. The summed E-state index contributed by atoms with van der Waals surface area (Å²) >= 11 is 0. The summed E-state index contributed by atoms with van der Waals surface area (Å²) in [5.74, 6) is 0.440. The van der Waals surface area contributed by atoms with Gasteiger partial charge in [-0.15, -0.1) is 0 Å².